The van der Waals surface area contributed by atoms with Crippen molar-refractivity contribution >= 4 is 0 Å². The van der Waals surface area contributed by atoms with Crippen LogP contribution in [0.3, 0.4) is 0 Å². The van der Waals surface area contributed by atoms with Gasteiger partial charge >= 0.3 is 0 Å². The first-order chi connectivity index (χ1) is 9.72. The Hall–Kier alpha value is -1.69. The molecule has 1 aliphatic rings. The van der Waals surface area contributed by atoms with Crippen LogP contribution in [0.2, 0.25) is 0 Å². The summed E-state index contributed by atoms with van der Waals surface area (Å²) in [7, 11) is 0. The van der Waals surface area contributed by atoms with Crippen LogP contribution >= 0.6 is 0 Å². The molecule has 1 fully saturated rings. The first-order valence-electron chi connectivity index (χ1n) is 7.26. The van der Waals surface area contributed by atoms with Gasteiger partial charge in [-0.25, -0.2) is 0 Å². The van der Waals surface area contributed by atoms with Gasteiger partial charge in [-0.05, 0) is 25.5 Å². The van der Waals surface area contributed by atoms with E-state index in [9.17, 15) is 0 Å². The smallest absolute Gasteiger partial charge is 0.229 e. The summed E-state index contributed by atoms with van der Waals surface area (Å²) in [5, 5.41) is 8.37. The van der Waals surface area contributed by atoms with Crippen LogP contribution in [0.4, 0.5) is 0 Å². The van der Waals surface area contributed by atoms with Gasteiger partial charge in [-0.15, -0.1) is 0 Å². The molecule has 1 aliphatic heterocycles. The molecule has 0 bridgehead atoms. The minimum absolute atomic E-state index is 0.287. The lowest BCUT2D eigenvalue weighted by Crippen LogP contribution is -2.33. The lowest BCUT2D eigenvalue weighted by Gasteiger charge is -2.22. The molecule has 0 aliphatic carbocycles. The van der Waals surface area contributed by atoms with Crippen molar-refractivity contribution in [1.29, 1.82) is 0 Å². The Bertz CT molecular complexity index is 534. The zero-order chi connectivity index (χ0) is 13.9. The molecule has 6 nitrogen and oxygen atoms in total. The Morgan fingerprint density at radius 2 is 2.35 bits per heavy atom. The molecule has 1 saturated heterocycles. The maximum atomic E-state index is 5.27. The highest BCUT2D eigenvalue weighted by Gasteiger charge is 2.26. The van der Waals surface area contributed by atoms with Crippen LogP contribution in [0.5, 0.6) is 0 Å². The van der Waals surface area contributed by atoms with Gasteiger partial charge in [0.15, 0.2) is 5.82 Å². The number of hydrogen-bond acceptors (Lipinski definition) is 5. The van der Waals surface area contributed by atoms with E-state index in [4.69, 9.17) is 4.52 Å². The molecule has 0 N–H and O–H groups in total. The zero-order valence-electron chi connectivity index (χ0n) is 12.1. The van der Waals surface area contributed by atoms with E-state index in [2.05, 4.69) is 34.0 Å². The third-order valence-corrected chi connectivity index (χ3v) is 3.78. The van der Waals surface area contributed by atoms with Gasteiger partial charge in [0, 0.05) is 24.4 Å². The third-order valence-electron chi connectivity index (χ3n) is 3.78. The number of hydrogen-bond donors (Lipinski definition) is 0. The maximum Gasteiger partial charge on any atom is 0.229 e. The fraction of sp³-hybridized carbons (Fsp3) is 0.643. The van der Waals surface area contributed by atoms with Crippen molar-refractivity contribution in [2.45, 2.75) is 51.7 Å². The molecular weight excluding hydrogens is 254 g/mol. The third kappa shape index (κ3) is 2.90. The summed E-state index contributed by atoms with van der Waals surface area (Å²) in [4.78, 5) is 6.89. The van der Waals surface area contributed by atoms with E-state index in [1.165, 1.54) is 12.8 Å². The summed E-state index contributed by atoms with van der Waals surface area (Å²) in [6, 6.07) is 2.48. The fourth-order valence-corrected chi connectivity index (χ4v) is 2.68. The second-order valence-corrected chi connectivity index (χ2v) is 5.70. The van der Waals surface area contributed by atoms with Crippen LogP contribution in [0.15, 0.2) is 23.0 Å². The molecule has 0 radical (unpaired) electrons. The molecule has 0 unspecified atom stereocenters. The van der Waals surface area contributed by atoms with Crippen molar-refractivity contribution in [3.05, 3.63) is 30.2 Å². The summed E-state index contributed by atoms with van der Waals surface area (Å²) in [5.41, 5.74) is 0. The minimum Gasteiger partial charge on any atom is -0.339 e. The van der Waals surface area contributed by atoms with Gasteiger partial charge in [0.2, 0.25) is 5.89 Å². The van der Waals surface area contributed by atoms with Crippen molar-refractivity contribution in [3.8, 4) is 0 Å². The van der Waals surface area contributed by atoms with Crippen molar-refractivity contribution in [2.75, 3.05) is 6.54 Å². The van der Waals surface area contributed by atoms with E-state index in [-0.39, 0.29) is 5.92 Å². The Balaban J connectivity index is 1.63. The van der Waals surface area contributed by atoms with Crippen molar-refractivity contribution in [2.24, 2.45) is 0 Å². The SMILES string of the molecule is CC(C)c1nc(CN2CCC[C@@H]2Cn2cccn2)no1. The predicted octanol–water partition coefficient (Wildman–Crippen LogP) is 2.05. The molecule has 3 heterocycles. The van der Waals surface area contributed by atoms with Crippen molar-refractivity contribution < 1.29 is 4.52 Å². The lowest BCUT2D eigenvalue weighted by atomic mass is 10.2. The largest absolute Gasteiger partial charge is 0.339 e. The average Bonchev–Trinajstić information content (AvgIpc) is 3.13. The standard InChI is InChI=1S/C14H21N5O/c1-11(2)14-16-13(17-20-14)10-18-7-3-5-12(18)9-19-8-4-6-15-19/h4,6,8,11-12H,3,5,7,9-10H2,1-2H3/t12-/m1/s1. The van der Waals surface area contributed by atoms with E-state index in [0.717, 1.165) is 31.3 Å². The molecule has 0 saturated carbocycles. The van der Waals surface area contributed by atoms with Gasteiger partial charge in [-0.2, -0.15) is 10.1 Å². The molecule has 0 spiro atoms. The highest BCUT2D eigenvalue weighted by Crippen LogP contribution is 2.21. The Morgan fingerprint density at radius 3 is 3.05 bits per heavy atom. The van der Waals surface area contributed by atoms with E-state index < -0.39 is 0 Å². The molecule has 0 amide bonds. The Morgan fingerprint density at radius 1 is 1.45 bits per heavy atom. The van der Waals surface area contributed by atoms with Gasteiger partial charge in [-0.3, -0.25) is 9.58 Å². The van der Waals surface area contributed by atoms with Gasteiger partial charge in [0.05, 0.1) is 13.1 Å². The molecule has 108 valence electrons. The lowest BCUT2D eigenvalue weighted by molar-refractivity contribution is 0.211. The van der Waals surface area contributed by atoms with Gasteiger partial charge in [0.25, 0.3) is 0 Å². The fourth-order valence-electron chi connectivity index (χ4n) is 2.68. The van der Waals surface area contributed by atoms with Gasteiger partial charge in [0.1, 0.15) is 0 Å². The van der Waals surface area contributed by atoms with Crippen LogP contribution in [0.25, 0.3) is 0 Å². The summed E-state index contributed by atoms with van der Waals surface area (Å²) in [6.45, 7) is 6.92. The monoisotopic (exact) mass is 275 g/mol. The molecule has 3 rings (SSSR count). The van der Waals surface area contributed by atoms with Crippen LogP contribution < -0.4 is 0 Å². The molecule has 20 heavy (non-hydrogen) atoms. The van der Waals surface area contributed by atoms with Crippen LogP contribution in [0, 0.1) is 0 Å². The highest BCUT2D eigenvalue weighted by atomic mass is 16.5. The van der Waals surface area contributed by atoms with E-state index in [1.54, 1.807) is 0 Å². The normalized spacial score (nSPS) is 20.1. The zero-order valence-corrected chi connectivity index (χ0v) is 12.1. The molecular formula is C14H21N5O. The molecule has 2 aromatic rings. The quantitative estimate of drug-likeness (QED) is 0.836. The minimum atomic E-state index is 0.287. The van der Waals surface area contributed by atoms with E-state index in [0.29, 0.717) is 6.04 Å². The summed E-state index contributed by atoms with van der Waals surface area (Å²) in [6.07, 6.45) is 6.27. The highest BCUT2D eigenvalue weighted by molar-refractivity contribution is 4.93. The van der Waals surface area contributed by atoms with Crippen LogP contribution in [-0.4, -0.2) is 37.4 Å². The van der Waals surface area contributed by atoms with Gasteiger partial charge in [-0.1, -0.05) is 19.0 Å². The topological polar surface area (TPSA) is 60.0 Å². The molecule has 0 aromatic carbocycles. The van der Waals surface area contributed by atoms with E-state index in [1.807, 2.05) is 23.1 Å². The number of nitrogens with zero attached hydrogens (tertiary/aromatic N) is 5. The Kier molecular flexibility index (Phi) is 3.82. The average molecular weight is 275 g/mol. The number of likely N-dealkylation sites (tertiary alicyclic amines) is 1. The Labute approximate surface area is 118 Å². The van der Waals surface area contributed by atoms with Gasteiger partial charge < -0.3 is 4.52 Å². The van der Waals surface area contributed by atoms with Crippen LogP contribution in [0.1, 0.15) is 44.3 Å². The molecule has 1 atom stereocenters. The number of aromatic nitrogens is 4. The second kappa shape index (κ2) is 5.75. The summed E-state index contributed by atoms with van der Waals surface area (Å²) >= 11 is 0. The number of rotatable bonds is 5. The molecule has 6 heteroatoms. The van der Waals surface area contributed by atoms with Crippen LogP contribution in [-0.2, 0) is 13.1 Å². The van der Waals surface area contributed by atoms with Crippen molar-refractivity contribution in [1.82, 2.24) is 24.8 Å². The summed E-state index contributed by atoms with van der Waals surface area (Å²) < 4.78 is 7.27. The maximum absolute atomic E-state index is 5.27. The predicted molar refractivity (Wildman–Crippen MR) is 74.0 cm³/mol. The first kappa shape index (κ1) is 13.3. The second-order valence-electron chi connectivity index (χ2n) is 5.70. The first-order valence-corrected chi connectivity index (χ1v) is 7.26. The molecule has 2 aromatic heterocycles. The summed E-state index contributed by atoms with van der Waals surface area (Å²) in [5.74, 6) is 1.80. The van der Waals surface area contributed by atoms with Crippen molar-refractivity contribution in [3.63, 3.8) is 0 Å². The van der Waals surface area contributed by atoms with E-state index >= 15 is 0 Å².